The number of ketones is 2. The van der Waals surface area contributed by atoms with Crippen LogP contribution in [0.5, 0.6) is 11.5 Å². The number of amides is 1. The molecule has 4 aromatic rings. The maximum absolute atomic E-state index is 13.2. The van der Waals surface area contributed by atoms with Crippen LogP contribution < -0.4 is 10.1 Å². The summed E-state index contributed by atoms with van der Waals surface area (Å²) in [5.74, 6) is 0.0923. The van der Waals surface area contributed by atoms with Gasteiger partial charge in [0.2, 0.25) is 0 Å². The van der Waals surface area contributed by atoms with E-state index < -0.39 is 5.41 Å². The molecule has 2 heterocycles. The summed E-state index contributed by atoms with van der Waals surface area (Å²) in [5.41, 5.74) is 1.31. The normalized spacial score (nSPS) is 13.7. The second-order valence-corrected chi connectivity index (χ2v) is 9.39. The molecule has 0 bridgehead atoms. The molecule has 0 saturated heterocycles. The lowest BCUT2D eigenvalue weighted by Crippen LogP contribution is -2.28. The van der Waals surface area contributed by atoms with Gasteiger partial charge < -0.3 is 20.1 Å². The largest absolute Gasteiger partial charge is 0.457 e. The molecule has 9 heteroatoms. The van der Waals surface area contributed by atoms with Crippen molar-refractivity contribution in [2.45, 2.75) is 25.7 Å². The van der Waals surface area contributed by atoms with Crippen molar-refractivity contribution >= 4 is 28.5 Å². The molecule has 1 saturated carbocycles. The average molecular weight is 516 g/mol. The summed E-state index contributed by atoms with van der Waals surface area (Å²) in [5, 5.41) is 12.1. The number of fused-ring (bicyclic) bond motifs is 1. The first-order chi connectivity index (χ1) is 18.4. The third-order valence-electron chi connectivity index (χ3n) is 6.75. The minimum atomic E-state index is -0.943. The number of nitrogens with zero attached hydrogens (tertiary/aromatic N) is 1. The van der Waals surface area contributed by atoms with Gasteiger partial charge in [-0.25, -0.2) is 9.37 Å². The number of hydrogen-bond acceptors (Lipinski definition) is 6. The van der Waals surface area contributed by atoms with E-state index in [4.69, 9.17) is 9.84 Å². The summed E-state index contributed by atoms with van der Waals surface area (Å²) >= 11 is 0. The summed E-state index contributed by atoms with van der Waals surface area (Å²) in [4.78, 5) is 45.3. The predicted octanol–water partition coefficient (Wildman–Crippen LogP) is 3.92. The topological polar surface area (TPSA) is 121 Å². The number of pyridine rings is 1. The van der Waals surface area contributed by atoms with E-state index in [9.17, 15) is 18.8 Å². The number of nitrogens with one attached hydrogen (secondary N) is 2. The van der Waals surface area contributed by atoms with E-state index in [-0.39, 0.29) is 49.3 Å². The molecule has 194 valence electrons. The SMILES string of the molecule is O=C(NCCO)c1cc2c(Oc3ccc(CC(=O)C4(C(=O)Cc5ccc(F)cc5)CC4)cc3)ccnc2[nH]1. The van der Waals surface area contributed by atoms with Crippen molar-refractivity contribution in [1.82, 2.24) is 15.3 Å². The molecule has 0 spiro atoms. The minimum absolute atomic E-state index is 0.103. The molecular formula is C29H26FN3O5. The molecule has 2 aromatic carbocycles. The van der Waals surface area contributed by atoms with Gasteiger partial charge in [-0.3, -0.25) is 14.4 Å². The Balaban J connectivity index is 1.23. The molecular weight excluding hydrogens is 489 g/mol. The van der Waals surface area contributed by atoms with Gasteiger partial charge in [0.05, 0.1) is 17.4 Å². The summed E-state index contributed by atoms with van der Waals surface area (Å²) in [6, 6.07) is 16.2. The molecule has 8 nitrogen and oxygen atoms in total. The Bertz CT molecular complexity index is 1490. The number of rotatable bonds is 11. The predicted molar refractivity (Wildman–Crippen MR) is 138 cm³/mol. The lowest BCUT2D eigenvalue weighted by atomic mass is 9.88. The Kier molecular flexibility index (Phi) is 7.02. The minimum Gasteiger partial charge on any atom is -0.457 e. The molecule has 1 amide bonds. The number of ether oxygens (including phenoxy) is 1. The number of aliphatic hydroxyl groups excluding tert-OH is 1. The molecule has 2 aromatic heterocycles. The van der Waals surface area contributed by atoms with Crippen molar-refractivity contribution in [3.05, 3.63) is 89.5 Å². The van der Waals surface area contributed by atoms with E-state index in [1.807, 2.05) is 0 Å². The van der Waals surface area contributed by atoms with Crippen LogP contribution in [0, 0.1) is 11.2 Å². The number of Topliss-reactive ketones (excluding diaryl/α,β-unsaturated/α-hetero) is 2. The monoisotopic (exact) mass is 515 g/mol. The zero-order valence-electron chi connectivity index (χ0n) is 20.5. The molecule has 0 unspecified atom stereocenters. The molecule has 3 N–H and O–H groups in total. The number of carbonyl (C=O) groups excluding carboxylic acids is 3. The Morgan fingerprint density at radius 2 is 1.61 bits per heavy atom. The molecule has 1 aliphatic rings. The second-order valence-electron chi connectivity index (χ2n) is 9.39. The highest BCUT2D eigenvalue weighted by atomic mass is 19.1. The van der Waals surface area contributed by atoms with Crippen LogP contribution in [-0.4, -0.2) is 45.7 Å². The second kappa shape index (κ2) is 10.5. The summed E-state index contributed by atoms with van der Waals surface area (Å²) in [6.07, 6.45) is 2.90. The van der Waals surface area contributed by atoms with Crippen LogP contribution in [0.4, 0.5) is 4.39 Å². The van der Waals surface area contributed by atoms with E-state index >= 15 is 0 Å². The van der Waals surface area contributed by atoms with E-state index in [1.54, 1.807) is 54.7 Å². The number of hydrogen-bond donors (Lipinski definition) is 3. The van der Waals surface area contributed by atoms with Crippen LogP contribution in [-0.2, 0) is 22.4 Å². The molecule has 0 aliphatic heterocycles. The summed E-state index contributed by atoms with van der Waals surface area (Å²) < 4.78 is 19.2. The Morgan fingerprint density at radius 3 is 2.21 bits per heavy atom. The first-order valence-electron chi connectivity index (χ1n) is 12.3. The fourth-order valence-electron chi connectivity index (χ4n) is 4.43. The Morgan fingerprint density at radius 1 is 0.974 bits per heavy atom. The highest BCUT2D eigenvalue weighted by Crippen LogP contribution is 2.48. The fourth-order valence-corrected chi connectivity index (χ4v) is 4.43. The van der Waals surface area contributed by atoms with Crippen molar-refractivity contribution in [3.8, 4) is 11.5 Å². The van der Waals surface area contributed by atoms with Gasteiger partial charge in [0.25, 0.3) is 5.91 Å². The molecule has 1 aliphatic carbocycles. The molecule has 0 radical (unpaired) electrons. The van der Waals surface area contributed by atoms with Gasteiger partial charge in [-0.15, -0.1) is 0 Å². The zero-order chi connectivity index (χ0) is 26.7. The first-order valence-corrected chi connectivity index (χ1v) is 12.3. The molecule has 5 rings (SSSR count). The van der Waals surface area contributed by atoms with Crippen LogP contribution in [0.15, 0.2) is 66.9 Å². The van der Waals surface area contributed by atoms with Crippen molar-refractivity contribution in [2.75, 3.05) is 13.2 Å². The lowest BCUT2D eigenvalue weighted by Gasteiger charge is -2.13. The van der Waals surface area contributed by atoms with E-state index in [1.165, 1.54) is 12.1 Å². The van der Waals surface area contributed by atoms with Crippen LogP contribution in [0.3, 0.4) is 0 Å². The summed E-state index contributed by atoms with van der Waals surface area (Å²) in [6.45, 7) is -0.0170. The smallest absolute Gasteiger partial charge is 0.267 e. The van der Waals surface area contributed by atoms with Gasteiger partial charge in [0.15, 0.2) is 11.6 Å². The zero-order valence-corrected chi connectivity index (χ0v) is 20.5. The summed E-state index contributed by atoms with van der Waals surface area (Å²) in [7, 11) is 0. The first kappa shape index (κ1) is 25.3. The number of aromatic amines is 1. The van der Waals surface area contributed by atoms with Crippen LogP contribution in [0.1, 0.15) is 34.5 Å². The highest BCUT2D eigenvalue weighted by Gasteiger charge is 2.54. The maximum atomic E-state index is 13.2. The van der Waals surface area contributed by atoms with Crippen LogP contribution in [0.2, 0.25) is 0 Å². The lowest BCUT2D eigenvalue weighted by molar-refractivity contribution is -0.133. The molecule has 38 heavy (non-hydrogen) atoms. The number of halogens is 1. The number of H-pyrrole nitrogens is 1. The maximum Gasteiger partial charge on any atom is 0.267 e. The number of aliphatic hydroxyl groups is 1. The molecule has 1 fully saturated rings. The van der Waals surface area contributed by atoms with Crippen LogP contribution in [0.25, 0.3) is 11.0 Å². The third kappa shape index (κ3) is 5.33. The fraction of sp³-hybridized carbons (Fsp3) is 0.241. The number of benzene rings is 2. The number of carbonyl (C=O) groups is 3. The van der Waals surface area contributed by atoms with E-state index in [0.29, 0.717) is 46.6 Å². The van der Waals surface area contributed by atoms with Crippen molar-refractivity contribution < 1.29 is 28.6 Å². The standard InChI is InChI=1S/C29H26FN3O5/c30-20-5-1-18(2-6-20)15-25(35)29(10-11-29)26(36)16-19-3-7-21(8-4-19)38-24-9-12-31-27-22(24)17-23(33-27)28(37)32-13-14-34/h1-9,12,17,34H,10-11,13-16H2,(H,31,33)(H,32,37). The Hall–Kier alpha value is -4.37. The third-order valence-corrected chi connectivity index (χ3v) is 6.75. The van der Waals surface area contributed by atoms with Gasteiger partial charge in [-0.05, 0) is 60.4 Å². The average Bonchev–Trinajstić information content (AvgIpc) is 3.62. The van der Waals surface area contributed by atoms with E-state index in [2.05, 4.69) is 15.3 Å². The van der Waals surface area contributed by atoms with Gasteiger partial charge in [-0.2, -0.15) is 0 Å². The Labute approximate surface area is 217 Å². The highest BCUT2D eigenvalue weighted by molar-refractivity contribution is 6.11. The van der Waals surface area contributed by atoms with E-state index in [0.717, 1.165) is 5.56 Å². The van der Waals surface area contributed by atoms with Crippen molar-refractivity contribution in [3.63, 3.8) is 0 Å². The van der Waals surface area contributed by atoms with Gasteiger partial charge >= 0.3 is 0 Å². The van der Waals surface area contributed by atoms with Gasteiger partial charge in [0, 0.05) is 25.6 Å². The van der Waals surface area contributed by atoms with Crippen molar-refractivity contribution in [1.29, 1.82) is 0 Å². The quantitative estimate of drug-likeness (QED) is 0.260. The van der Waals surface area contributed by atoms with Crippen molar-refractivity contribution in [2.24, 2.45) is 5.41 Å². The van der Waals surface area contributed by atoms with Crippen LogP contribution >= 0.6 is 0 Å². The number of aromatic nitrogens is 2. The van der Waals surface area contributed by atoms with Gasteiger partial charge in [-0.1, -0.05) is 24.3 Å². The molecule has 0 atom stereocenters. The van der Waals surface area contributed by atoms with Gasteiger partial charge in [0.1, 0.15) is 28.7 Å².